The standard InChI is InChI=1S/C17H19N5O4S/c1-12(23)20-14-7-9-15(10-8-14)27(25,26)19-11-16(21-22-17(18)24)13-5-3-2-4-6-13/h2-10,19H,11H2,1H3,(H,20,23)(H3,18,22,24)/b21-16-. The molecule has 10 heteroatoms. The lowest BCUT2D eigenvalue weighted by atomic mass is 10.1. The minimum atomic E-state index is -3.83. The highest BCUT2D eigenvalue weighted by Crippen LogP contribution is 2.14. The van der Waals surface area contributed by atoms with Gasteiger partial charge in [0.2, 0.25) is 15.9 Å². The minimum Gasteiger partial charge on any atom is -0.350 e. The van der Waals surface area contributed by atoms with Crippen LogP contribution in [0.2, 0.25) is 0 Å². The third-order valence-electron chi connectivity index (χ3n) is 3.32. The van der Waals surface area contributed by atoms with E-state index in [1.807, 2.05) is 0 Å². The van der Waals surface area contributed by atoms with Gasteiger partial charge in [0.05, 0.1) is 17.2 Å². The van der Waals surface area contributed by atoms with Crippen molar-refractivity contribution in [2.45, 2.75) is 11.8 Å². The van der Waals surface area contributed by atoms with Crippen LogP contribution in [-0.2, 0) is 14.8 Å². The monoisotopic (exact) mass is 389 g/mol. The Balaban J connectivity index is 2.16. The van der Waals surface area contributed by atoms with Gasteiger partial charge in [0.25, 0.3) is 0 Å². The van der Waals surface area contributed by atoms with E-state index in [2.05, 4.69) is 20.6 Å². The number of hydrogen-bond donors (Lipinski definition) is 4. The smallest absolute Gasteiger partial charge is 0.332 e. The first-order valence-corrected chi connectivity index (χ1v) is 9.31. The molecule has 2 aromatic carbocycles. The van der Waals surface area contributed by atoms with Crippen molar-refractivity contribution in [3.05, 3.63) is 60.2 Å². The first kappa shape index (κ1) is 20.1. The lowest BCUT2D eigenvalue weighted by Crippen LogP contribution is -2.33. The number of hydrogen-bond acceptors (Lipinski definition) is 5. The maximum atomic E-state index is 12.5. The quantitative estimate of drug-likeness (QED) is 0.414. The zero-order valence-corrected chi connectivity index (χ0v) is 15.3. The molecule has 2 rings (SSSR count). The number of benzene rings is 2. The van der Waals surface area contributed by atoms with Gasteiger partial charge in [-0.25, -0.2) is 23.4 Å². The summed E-state index contributed by atoms with van der Waals surface area (Å²) < 4.78 is 27.4. The van der Waals surface area contributed by atoms with Crippen molar-refractivity contribution < 1.29 is 18.0 Å². The number of primary amides is 1. The van der Waals surface area contributed by atoms with E-state index in [1.165, 1.54) is 31.2 Å². The number of carbonyl (C=O) groups is 2. The summed E-state index contributed by atoms with van der Waals surface area (Å²) in [7, 11) is -3.83. The van der Waals surface area contributed by atoms with E-state index in [9.17, 15) is 18.0 Å². The van der Waals surface area contributed by atoms with E-state index in [0.29, 0.717) is 11.3 Å². The number of rotatable bonds is 7. The molecular weight excluding hydrogens is 370 g/mol. The zero-order chi connectivity index (χ0) is 19.9. The summed E-state index contributed by atoms with van der Waals surface area (Å²) in [4.78, 5) is 21.9. The molecule has 142 valence electrons. The fourth-order valence-electron chi connectivity index (χ4n) is 2.13. The SMILES string of the molecule is CC(=O)Nc1ccc(S(=O)(=O)NC/C(=N/NC(N)=O)c2ccccc2)cc1. The maximum Gasteiger partial charge on any atom is 0.332 e. The van der Waals surface area contributed by atoms with E-state index in [1.54, 1.807) is 30.3 Å². The molecule has 0 unspecified atom stereocenters. The summed E-state index contributed by atoms with van der Waals surface area (Å²) >= 11 is 0. The molecular formula is C17H19N5O4S. The molecule has 0 aromatic heterocycles. The van der Waals surface area contributed by atoms with Crippen molar-refractivity contribution in [1.29, 1.82) is 0 Å². The Hall–Kier alpha value is -3.24. The molecule has 0 radical (unpaired) electrons. The van der Waals surface area contributed by atoms with Gasteiger partial charge in [-0.3, -0.25) is 4.79 Å². The molecule has 0 atom stereocenters. The molecule has 0 spiro atoms. The van der Waals surface area contributed by atoms with Crippen LogP contribution in [0.4, 0.5) is 10.5 Å². The molecule has 5 N–H and O–H groups in total. The molecule has 9 nitrogen and oxygen atoms in total. The van der Waals surface area contributed by atoms with Crippen LogP contribution >= 0.6 is 0 Å². The van der Waals surface area contributed by atoms with Crippen LogP contribution in [-0.4, -0.2) is 32.6 Å². The van der Waals surface area contributed by atoms with Gasteiger partial charge in [-0.15, -0.1) is 0 Å². The summed E-state index contributed by atoms with van der Waals surface area (Å²) in [5, 5.41) is 6.41. The highest BCUT2D eigenvalue weighted by Gasteiger charge is 2.16. The number of urea groups is 1. The Morgan fingerprint density at radius 2 is 1.67 bits per heavy atom. The van der Waals surface area contributed by atoms with Crippen molar-refractivity contribution in [3.8, 4) is 0 Å². The largest absolute Gasteiger partial charge is 0.350 e. The summed E-state index contributed by atoms with van der Waals surface area (Å²) in [6.45, 7) is 1.19. The van der Waals surface area contributed by atoms with Crippen LogP contribution < -0.4 is 21.2 Å². The predicted octanol–water partition coefficient (Wildman–Crippen LogP) is 0.996. The van der Waals surface area contributed by atoms with Gasteiger partial charge in [-0.05, 0) is 29.8 Å². The summed E-state index contributed by atoms with van der Waals surface area (Å²) in [5.74, 6) is -0.255. The number of nitrogens with two attached hydrogens (primary N) is 1. The number of hydrazone groups is 1. The van der Waals surface area contributed by atoms with Crippen molar-refractivity contribution in [2.75, 3.05) is 11.9 Å². The van der Waals surface area contributed by atoms with E-state index in [-0.39, 0.29) is 23.1 Å². The maximum absolute atomic E-state index is 12.5. The van der Waals surface area contributed by atoms with Crippen molar-refractivity contribution in [1.82, 2.24) is 10.1 Å². The topological polar surface area (TPSA) is 143 Å². The minimum absolute atomic E-state index is 0.0203. The number of nitrogens with zero attached hydrogens (tertiary/aromatic N) is 1. The zero-order valence-electron chi connectivity index (χ0n) is 14.5. The number of amides is 3. The van der Waals surface area contributed by atoms with E-state index >= 15 is 0 Å². The van der Waals surface area contributed by atoms with Crippen LogP contribution in [0.15, 0.2) is 64.6 Å². The number of sulfonamides is 1. The third-order valence-corrected chi connectivity index (χ3v) is 4.74. The molecule has 0 saturated carbocycles. The van der Waals surface area contributed by atoms with Crippen LogP contribution in [0.5, 0.6) is 0 Å². The average molecular weight is 389 g/mol. The summed E-state index contributed by atoms with van der Waals surface area (Å²) in [6.07, 6.45) is 0. The lowest BCUT2D eigenvalue weighted by molar-refractivity contribution is -0.114. The van der Waals surface area contributed by atoms with Gasteiger partial charge in [-0.1, -0.05) is 30.3 Å². The Kier molecular flexibility index (Phi) is 6.63. The predicted molar refractivity (Wildman–Crippen MR) is 102 cm³/mol. The van der Waals surface area contributed by atoms with Crippen molar-refractivity contribution >= 4 is 33.4 Å². The first-order valence-electron chi connectivity index (χ1n) is 7.82. The van der Waals surface area contributed by atoms with Crippen LogP contribution in [0.1, 0.15) is 12.5 Å². The molecule has 0 heterocycles. The van der Waals surface area contributed by atoms with Crippen LogP contribution in [0.25, 0.3) is 0 Å². The second kappa shape index (κ2) is 8.92. The van der Waals surface area contributed by atoms with E-state index < -0.39 is 16.1 Å². The lowest BCUT2D eigenvalue weighted by Gasteiger charge is -2.10. The van der Waals surface area contributed by atoms with Gasteiger partial charge in [0, 0.05) is 12.6 Å². The Morgan fingerprint density at radius 1 is 1.04 bits per heavy atom. The molecule has 0 aliphatic rings. The fraction of sp³-hybridized carbons (Fsp3) is 0.118. The molecule has 0 aliphatic heterocycles. The van der Waals surface area contributed by atoms with Crippen LogP contribution in [0.3, 0.4) is 0 Å². The van der Waals surface area contributed by atoms with Gasteiger partial charge < -0.3 is 11.1 Å². The van der Waals surface area contributed by atoms with E-state index in [0.717, 1.165) is 0 Å². The Morgan fingerprint density at radius 3 is 2.22 bits per heavy atom. The van der Waals surface area contributed by atoms with Crippen molar-refractivity contribution in [2.24, 2.45) is 10.8 Å². The highest BCUT2D eigenvalue weighted by molar-refractivity contribution is 7.89. The molecule has 0 aliphatic carbocycles. The summed E-state index contributed by atoms with van der Waals surface area (Å²) in [5.41, 5.74) is 8.50. The Bertz CT molecular complexity index is 941. The third kappa shape index (κ3) is 6.20. The Labute approximate surface area is 156 Å². The van der Waals surface area contributed by atoms with Gasteiger partial charge in [-0.2, -0.15) is 5.10 Å². The van der Waals surface area contributed by atoms with Crippen molar-refractivity contribution in [3.63, 3.8) is 0 Å². The second-order valence-electron chi connectivity index (χ2n) is 5.43. The number of anilines is 1. The molecule has 0 saturated heterocycles. The highest BCUT2D eigenvalue weighted by atomic mass is 32.2. The normalized spacial score (nSPS) is 11.7. The van der Waals surface area contributed by atoms with Gasteiger partial charge >= 0.3 is 6.03 Å². The molecule has 0 fully saturated rings. The average Bonchev–Trinajstić information content (AvgIpc) is 2.62. The molecule has 3 amide bonds. The number of nitrogens with one attached hydrogen (secondary N) is 3. The molecule has 2 aromatic rings. The second-order valence-corrected chi connectivity index (χ2v) is 7.20. The fourth-order valence-corrected chi connectivity index (χ4v) is 3.11. The van der Waals surface area contributed by atoms with Gasteiger partial charge in [0.1, 0.15) is 0 Å². The molecule has 0 bridgehead atoms. The summed E-state index contributed by atoms with van der Waals surface area (Å²) in [6, 6.07) is 13.6. The van der Waals surface area contributed by atoms with E-state index in [4.69, 9.17) is 5.73 Å². The van der Waals surface area contributed by atoms with Crippen LogP contribution in [0, 0.1) is 0 Å². The first-order chi connectivity index (χ1) is 12.8. The molecule has 27 heavy (non-hydrogen) atoms. The number of carbonyl (C=O) groups excluding carboxylic acids is 2. The van der Waals surface area contributed by atoms with Gasteiger partial charge in [0.15, 0.2) is 0 Å².